The minimum atomic E-state index is -0.385. The third-order valence-electron chi connectivity index (χ3n) is 2.64. The summed E-state index contributed by atoms with van der Waals surface area (Å²) in [6.07, 6.45) is 0. The van der Waals surface area contributed by atoms with Gasteiger partial charge in [-0.15, -0.1) is 0 Å². The standard InChI is InChI=1S/C14H10O3/c1-9(15)16-14-7-6-12-11-5-3-2-4-10(11)8-13(12)17-14/h2-8H,1H3. The first-order chi connectivity index (χ1) is 8.24. The van der Waals surface area contributed by atoms with Crippen LogP contribution < -0.4 is 4.74 Å². The Kier molecular flexibility index (Phi) is 2.11. The van der Waals surface area contributed by atoms with E-state index in [4.69, 9.17) is 9.15 Å². The molecule has 0 atom stereocenters. The molecule has 84 valence electrons. The van der Waals surface area contributed by atoms with Crippen LogP contribution in [-0.4, -0.2) is 5.97 Å². The molecule has 0 saturated carbocycles. The summed E-state index contributed by atoms with van der Waals surface area (Å²) in [6.45, 7) is 1.35. The topological polar surface area (TPSA) is 39.4 Å². The fraction of sp³-hybridized carbons (Fsp3) is 0.0714. The smallest absolute Gasteiger partial charge is 0.310 e. The van der Waals surface area contributed by atoms with E-state index in [0.29, 0.717) is 0 Å². The van der Waals surface area contributed by atoms with E-state index >= 15 is 0 Å². The number of carbonyl (C=O) groups excluding carboxylic acids is 1. The summed E-state index contributed by atoms with van der Waals surface area (Å²) in [5, 5.41) is 2.26. The predicted molar refractivity (Wildman–Crippen MR) is 64.1 cm³/mol. The minimum Gasteiger partial charge on any atom is -0.425 e. The molecule has 1 aromatic carbocycles. The van der Waals surface area contributed by atoms with Crippen molar-refractivity contribution >= 4 is 16.7 Å². The molecule has 0 saturated heterocycles. The summed E-state index contributed by atoms with van der Waals surface area (Å²) in [6, 6.07) is 13.5. The van der Waals surface area contributed by atoms with Crippen LogP contribution in [0.15, 0.2) is 46.9 Å². The lowest BCUT2D eigenvalue weighted by atomic mass is 10.1. The molecule has 2 aliphatic rings. The first-order valence-electron chi connectivity index (χ1n) is 5.34. The average Bonchev–Trinajstić information content (AvgIpc) is 2.65. The molecule has 3 nitrogen and oxygen atoms in total. The first-order valence-corrected chi connectivity index (χ1v) is 5.34. The molecule has 0 aromatic heterocycles. The van der Waals surface area contributed by atoms with Gasteiger partial charge in [0.15, 0.2) is 0 Å². The van der Waals surface area contributed by atoms with Gasteiger partial charge in [-0.3, -0.25) is 4.79 Å². The fourth-order valence-electron chi connectivity index (χ4n) is 1.97. The zero-order chi connectivity index (χ0) is 11.8. The quantitative estimate of drug-likeness (QED) is 0.596. The average molecular weight is 226 g/mol. The summed E-state index contributed by atoms with van der Waals surface area (Å²) in [4.78, 5) is 10.8. The van der Waals surface area contributed by atoms with Crippen LogP contribution >= 0.6 is 0 Å². The molecular formula is C14H10O3. The van der Waals surface area contributed by atoms with E-state index in [2.05, 4.69) is 0 Å². The Balaban J connectivity index is 2.20. The lowest BCUT2D eigenvalue weighted by Gasteiger charge is -2.03. The van der Waals surface area contributed by atoms with Crippen molar-refractivity contribution < 1.29 is 13.9 Å². The summed E-state index contributed by atoms with van der Waals surface area (Å²) in [7, 11) is 0. The number of esters is 1. The molecule has 0 spiro atoms. The Hall–Kier alpha value is -2.29. The van der Waals surface area contributed by atoms with E-state index in [9.17, 15) is 4.79 Å². The highest BCUT2D eigenvalue weighted by atomic mass is 16.6. The largest absolute Gasteiger partial charge is 0.425 e. The molecule has 0 bridgehead atoms. The maximum absolute atomic E-state index is 10.8. The fourth-order valence-corrected chi connectivity index (χ4v) is 1.97. The zero-order valence-electron chi connectivity index (χ0n) is 9.27. The van der Waals surface area contributed by atoms with Gasteiger partial charge in [-0.1, -0.05) is 24.3 Å². The Morgan fingerprint density at radius 1 is 1.18 bits per heavy atom. The molecular weight excluding hydrogens is 216 g/mol. The van der Waals surface area contributed by atoms with Crippen molar-refractivity contribution in [2.24, 2.45) is 0 Å². The van der Waals surface area contributed by atoms with Crippen LogP contribution in [0.5, 0.6) is 5.95 Å². The summed E-state index contributed by atoms with van der Waals surface area (Å²) in [5.41, 5.74) is 1.02. The molecule has 0 N–H and O–H groups in total. The molecule has 3 heteroatoms. The molecule has 1 aliphatic heterocycles. The second kappa shape index (κ2) is 3.63. The van der Waals surface area contributed by atoms with Gasteiger partial charge in [-0.05, 0) is 22.9 Å². The van der Waals surface area contributed by atoms with Gasteiger partial charge in [-0.2, -0.15) is 0 Å². The van der Waals surface area contributed by atoms with Gasteiger partial charge in [0.25, 0.3) is 5.95 Å². The number of rotatable bonds is 1. The number of hydrogen-bond acceptors (Lipinski definition) is 3. The predicted octanol–water partition coefficient (Wildman–Crippen LogP) is 3.46. The molecule has 0 amide bonds. The molecule has 3 rings (SSSR count). The van der Waals surface area contributed by atoms with Crippen molar-refractivity contribution in [1.82, 2.24) is 0 Å². The van der Waals surface area contributed by atoms with E-state index in [1.807, 2.05) is 36.4 Å². The van der Waals surface area contributed by atoms with Gasteiger partial charge in [0, 0.05) is 18.6 Å². The first kappa shape index (κ1) is 9.90. The normalized spacial score (nSPS) is 10.9. The van der Waals surface area contributed by atoms with Gasteiger partial charge >= 0.3 is 5.97 Å². The Bertz CT molecular complexity index is 666. The van der Waals surface area contributed by atoms with E-state index in [-0.39, 0.29) is 11.9 Å². The van der Waals surface area contributed by atoms with Gasteiger partial charge in [0.2, 0.25) is 0 Å². The Labute approximate surface area is 97.9 Å². The molecule has 1 aromatic rings. The van der Waals surface area contributed by atoms with Crippen LogP contribution in [0.2, 0.25) is 0 Å². The van der Waals surface area contributed by atoms with E-state index < -0.39 is 0 Å². The Morgan fingerprint density at radius 3 is 2.82 bits per heavy atom. The molecule has 0 fully saturated rings. The second-order valence-corrected chi connectivity index (χ2v) is 3.86. The van der Waals surface area contributed by atoms with E-state index in [0.717, 1.165) is 22.1 Å². The minimum absolute atomic E-state index is 0.223. The van der Waals surface area contributed by atoms with Crippen molar-refractivity contribution in [3.05, 3.63) is 42.5 Å². The van der Waals surface area contributed by atoms with Gasteiger partial charge in [0.1, 0.15) is 5.76 Å². The number of hydrogen-bond donors (Lipinski definition) is 0. The third kappa shape index (κ3) is 1.65. The monoisotopic (exact) mass is 226 g/mol. The van der Waals surface area contributed by atoms with Gasteiger partial charge < -0.3 is 9.15 Å². The number of ether oxygens (including phenoxy) is 1. The highest BCUT2D eigenvalue weighted by molar-refractivity contribution is 6.00. The van der Waals surface area contributed by atoms with Crippen LogP contribution in [-0.2, 0) is 4.79 Å². The molecule has 17 heavy (non-hydrogen) atoms. The Morgan fingerprint density at radius 2 is 2.00 bits per heavy atom. The van der Waals surface area contributed by atoms with Crippen molar-refractivity contribution in [1.29, 1.82) is 0 Å². The zero-order valence-corrected chi connectivity index (χ0v) is 9.27. The van der Waals surface area contributed by atoms with E-state index in [1.165, 1.54) is 6.92 Å². The van der Waals surface area contributed by atoms with Crippen molar-refractivity contribution in [2.45, 2.75) is 6.92 Å². The van der Waals surface area contributed by atoms with Crippen LogP contribution in [0.25, 0.3) is 22.1 Å². The lowest BCUT2D eigenvalue weighted by Crippen LogP contribution is -2.01. The summed E-state index contributed by atoms with van der Waals surface area (Å²) < 4.78 is 10.4. The van der Waals surface area contributed by atoms with Gasteiger partial charge in [0.05, 0.1) is 0 Å². The van der Waals surface area contributed by atoms with Crippen LogP contribution in [0, 0.1) is 0 Å². The van der Waals surface area contributed by atoms with Crippen molar-refractivity contribution in [3.8, 4) is 17.3 Å². The SMILES string of the molecule is CC(=O)Oc1ccc2c3ccccc3cc-2o1. The number of benzene rings is 1. The third-order valence-corrected chi connectivity index (χ3v) is 2.64. The molecule has 0 radical (unpaired) electrons. The van der Waals surface area contributed by atoms with Crippen molar-refractivity contribution in [3.63, 3.8) is 0 Å². The maximum Gasteiger partial charge on any atom is 0.310 e. The molecule has 1 heterocycles. The van der Waals surface area contributed by atoms with Crippen LogP contribution in [0.4, 0.5) is 0 Å². The summed E-state index contributed by atoms with van der Waals surface area (Å²) >= 11 is 0. The second-order valence-electron chi connectivity index (χ2n) is 3.86. The highest BCUT2D eigenvalue weighted by Gasteiger charge is 2.13. The summed E-state index contributed by atoms with van der Waals surface area (Å²) in [5.74, 6) is 0.564. The van der Waals surface area contributed by atoms with E-state index in [1.54, 1.807) is 6.07 Å². The van der Waals surface area contributed by atoms with Crippen LogP contribution in [0.3, 0.4) is 0 Å². The highest BCUT2D eigenvalue weighted by Crippen LogP contribution is 2.36. The van der Waals surface area contributed by atoms with Crippen LogP contribution in [0.1, 0.15) is 6.92 Å². The molecule has 1 aliphatic carbocycles. The van der Waals surface area contributed by atoms with Crippen molar-refractivity contribution in [2.75, 3.05) is 0 Å². The maximum atomic E-state index is 10.8. The number of carbonyl (C=O) groups is 1. The lowest BCUT2D eigenvalue weighted by molar-refractivity contribution is -0.133. The van der Waals surface area contributed by atoms with Gasteiger partial charge in [-0.25, -0.2) is 0 Å². The molecule has 0 unspecified atom stereocenters. The number of fused-ring (bicyclic) bond motifs is 3.